The third-order valence-corrected chi connectivity index (χ3v) is 5.15. The summed E-state index contributed by atoms with van der Waals surface area (Å²) in [6.45, 7) is 3.47. The maximum Gasteiger partial charge on any atom is 0.231 e. The zero-order valence-corrected chi connectivity index (χ0v) is 16.7. The Balaban J connectivity index is 1.65. The summed E-state index contributed by atoms with van der Waals surface area (Å²) in [7, 11) is 1.66. The largest absolute Gasteiger partial charge is 0.454 e. The van der Waals surface area contributed by atoms with E-state index in [1.54, 1.807) is 7.11 Å². The Bertz CT molecular complexity index is 1010. The van der Waals surface area contributed by atoms with Crippen molar-refractivity contribution in [1.29, 1.82) is 0 Å². The van der Waals surface area contributed by atoms with Crippen molar-refractivity contribution in [3.05, 3.63) is 59.5 Å². The Morgan fingerprint density at radius 3 is 3.03 bits per heavy atom. The second-order valence-corrected chi connectivity index (χ2v) is 7.13. The summed E-state index contributed by atoms with van der Waals surface area (Å²) in [5.41, 5.74) is 3.94. The summed E-state index contributed by atoms with van der Waals surface area (Å²) < 4.78 is 18.1. The first-order valence-electron chi connectivity index (χ1n) is 9.75. The van der Waals surface area contributed by atoms with Crippen LogP contribution in [-0.2, 0) is 9.53 Å². The first-order chi connectivity index (χ1) is 14.2. The molecular weight excluding hydrogens is 370 g/mol. The van der Waals surface area contributed by atoms with Gasteiger partial charge in [-0.15, -0.1) is 0 Å². The molecule has 0 saturated carbocycles. The van der Waals surface area contributed by atoms with Gasteiger partial charge in [0.2, 0.25) is 12.7 Å². The van der Waals surface area contributed by atoms with E-state index in [1.165, 1.54) is 0 Å². The van der Waals surface area contributed by atoms with Gasteiger partial charge in [-0.3, -0.25) is 4.79 Å². The molecule has 3 heterocycles. The summed E-state index contributed by atoms with van der Waals surface area (Å²) >= 11 is 0. The lowest BCUT2D eigenvalue weighted by molar-refractivity contribution is -0.121. The maximum atomic E-state index is 12.7. The van der Waals surface area contributed by atoms with Gasteiger partial charge in [-0.1, -0.05) is 12.1 Å². The summed E-state index contributed by atoms with van der Waals surface area (Å²) in [5.74, 6) is 1.26. The van der Waals surface area contributed by atoms with Crippen LogP contribution in [0.2, 0.25) is 0 Å². The average Bonchev–Trinajstić information content (AvgIpc) is 3.36. The molecule has 0 bridgehead atoms. The molecule has 7 heteroatoms. The second-order valence-electron chi connectivity index (χ2n) is 7.13. The van der Waals surface area contributed by atoms with Crippen molar-refractivity contribution in [2.45, 2.75) is 25.7 Å². The molecule has 1 unspecified atom stereocenters. The number of rotatable bonds is 8. The highest BCUT2D eigenvalue weighted by Crippen LogP contribution is 2.37. The number of benzene rings is 1. The first-order valence-corrected chi connectivity index (χ1v) is 9.75. The van der Waals surface area contributed by atoms with Crippen LogP contribution in [0.4, 0.5) is 0 Å². The van der Waals surface area contributed by atoms with Crippen molar-refractivity contribution >= 4 is 11.6 Å². The maximum absolute atomic E-state index is 12.7. The molecule has 1 amide bonds. The average molecular weight is 395 g/mol. The Morgan fingerprint density at radius 1 is 1.31 bits per heavy atom. The third-order valence-electron chi connectivity index (χ3n) is 5.15. The summed E-state index contributed by atoms with van der Waals surface area (Å²) in [6.07, 6.45) is 4.94. The van der Waals surface area contributed by atoms with Crippen molar-refractivity contribution in [3.63, 3.8) is 0 Å². The smallest absolute Gasteiger partial charge is 0.231 e. The van der Waals surface area contributed by atoms with Crippen molar-refractivity contribution in [2.75, 3.05) is 27.1 Å². The lowest BCUT2D eigenvalue weighted by Crippen LogP contribution is -2.27. The number of fused-ring (bicyclic) bond motifs is 2. The van der Waals surface area contributed by atoms with E-state index in [4.69, 9.17) is 14.2 Å². The molecule has 0 radical (unpaired) electrons. The zero-order chi connectivity index (χ0) is 20.2. The molecule has 7 nitrogen and oxygen atoms in total. The van der Waals surface area contributed by atoms with Crippen molar-refractivity contribution in [1.82, 2.24) is 14.7 Å². The highest BCUT2D eigenvalue weighted by molar-refractivity contribution is 5.77. The quantitative estimate of drug-likeness (QED) is 0.594. The van der Waals surface area contributed by atoms with Crippen LogP contribution >= 0.6 is 0 Å². The minimum atomic E-state index is -0.163. The Morgan fingerprint density at radius 2 is 2.17 bits per heavy atom. The van der Waals surface area contributed by atoms with Gasteiger partial charge in [0, 0.05) is 45.0 Å². The van der Waals surface area contributed by atoms with Gasteiger partial charge in [0.05, 0.1) is 5.69 Å². The molecule has 29 heavy (non-hydrogen) atoms. The fraction of sp³-hybridized carbons (Fsp3) is 0.364. The van der Waals surface area contributed by atoms with Crippen molar-refractivity contribution < 1.29 is 19.0 Å². The lowest BCUT2D eigenvalue weighted by atomic mass is 9.92. The molecule has 1 atom stereocenters. The molecule has 1 aliphatic rings. The number of imidazole rings is 1. The van der Waals surface area contributed by atoms with Crippen LogP contribution in [0.15, 0.2) is 42.7 Å². The van der Waals surface area contributed by atoms with E-state index < -0.39 is 0 Å². The van der Waals surface area contributed by atoms with Gasteiger partial charge in [0.1, 0.15) is 5.65 Å². The van der Waals surface area contributed by atoms with Crippen LogP contribution in [0.1, 0.15) is 35.6 Å². The number of nitrogens with one attached hydrogen (secondary N) is 1. The number of nitrogens with zero attached hydrogens (tertiary/aromatic N) is 2. The van der Waals surface area contributed by atoms with Crippen molar-refractivity contribution in [3.8, 4) is 11.5 Å². The van der Waals surface area contributed by atoms with Crippen LogP contribution in [0.25, 0.3) is 5.65 Å². The number of hydrogen-bond donors (Lipinski definition) is 1. The van der Waals surface area contributed by atoms with E-state index >= 15 is 0 Å². The molecule has 0 fully saturated rings. The number of pyridine rings is 1. The number of carbonyl (C=O) groups is 1. The standard InChI is InChI=1S/C22H25N3O4/c1-15-5-3-9-25-18(13-24-22(15)25)17(12-21(26)23-8-4-10-27-2)16-6-7-19-20(11-16)29-14-28-19/h3,5-7,9,11,13,17H,4,8,10,12,14H2,1-2H3,(H,23,26). The molecule has 0 aliphatic carbocycles. The SMILES string of the molecule is COCCCNC(=O)CC(c1ccc2c(c1)OCO2)c1cnc2c(C)cccn12. The fourth-order valence-electron chi connectivity index (χ4n) is 3.65. The number of hydrogen-bond acceptors (Lipinski definition) is 5. The molecular formula is C22H25N3O4. The van der Waals surface area contributed by atoms with Gasteiger partial charge in [-0.25, -0.2) is 4.98 Å². The first kappa shape index (κ1) is 19.3. The van der Waals surface area contributed by atoms with Gasteiger partial charge in [-0.05, 0) is 42.7 Å². The van der Waals surface area contributed by atoms with Crippen LogP contribution in [0.3, 0.4) is 0 Å². The normalized spacial score (nSPS) is 13.6. The predicted molar refractivity (Wildman–Crippen MR) is 108 cm³/mol. The summed E-state index contributed by atoms with van der Waals surface area (Å²) in [5, 5.41) is 2.99. The van der Waals surface area contributed by atoms with Gasteiger partial charge in [0.25, 0.3) is 0 Å². The number of aryl methyl sites for hydroxylation is 1. The number of methoxy groups -OCH3 is 1. The van der Waals surface area contributed by atoms with Gasteiger partial charge >= 0.3 is 0 Å². The molecule has 0 spiro atoms. The van der Waals surface area contributed by atoms with Gasteiger partial charge < -0.3 is 23.9 Å². The van der Waals surface area contributed by atoms with E-state index in [1.807, 2.05) is 49.6 Å². The molecule has 0 saturated heterocycles. The highest BCUT2D eigenvalue weighted by Gasteiger charge is 2.24. The zero-order valence-electron chi connectivity index (χ0n) is 16.7. The number of amides is 1. The van der Waals surface area contributed by atoms with Crippen LogP contribution < -0.4 is 14.8 Å². The van der Waals surface area contributed by atoms with E-state index in [9.17, 15) is 4.79 Å². The van der Waals surface area contributed by atoms with Gasteiger partial charge in [0.15, 0.2) is 11.5 Å². The molecule has 1 N–H and O–H groups in total. The lowest BCUT2D eigenvalue weighted by Gasteiger charge is -2.18. The summed E-state index contributed by atoms with van der Waals surface area (Å²) in [6, 6.07) is 9.88. The topological polar surface area (TPSA) is 74.1 Å². The molecule has 4 rings (SSSR count). The van der Waals surface area contributed by atoms with E-state index in [-0.39, 0.29) is 18.6 Å². The monoisotopic (exact) mass is 395 g/mol. The molecule has 152 valence electrons. The Hall–Kier alpha value is -3.06. The Labute approximate surface area is 169 Å². The predicted octanol–water partition coefficient (Wildman–Crippen LogP) is 3.05. The minimum absolute atomic E-state index is 0.00799. The summed E-state index contributed by atoms with van der Waals surface area (Å²) in [4.78, 5) is 17.3. The van der Waals surface area contributed by atoms with E-state index in [2.05, 4.69) is 14.7 Å². The fourth-order valence-corrected chi connectivity index (χ4v) is 3.65. The van der Waals surface area contributed by atoms with Crippen molar-refractivity contribution in [2.24, 2.45) is 0 Å². The molecule has 1 aliphatic heterocycles. The van der Waals surface area contributed by atoms with E-state index in [0.717, 1.165) is 34.6 Å². The number of ether oxygens (including phenoxy) is 3. The van der Waals surface area contributed by atoms with E-state index in [0.29, 0.717) is 25.3 Å². The van der Waals surface area contributed by atoms with Crippen LogP contribution in [0, 0.1) is 6.92 Å². The minimum Gasteiger partial charge on any atom is -0.454 e. The van der Waals surface area contributed by atoms with Crippen LogP contribution in [-0.4, -0.2) is 42.3 Å². The number of carbonyl (C=O) groups excluding carboxylic acids is 1. The van der Waals surface area contributed by atoms with Gasteiger partial charge in [-0.2, -0.15) is 0 Å². The molecule has 2 aromatic heterocycles. The highest BCUT2D eigenvalue weighted by atomic mass is 16.7. The second kappa shape index (κ2) is 8.53. The Kier molecular flexibility index (Phi) is 5.67. The molecule has 1 aromatic carbocycles. The third kappa shape index (κ3) is 4.05. The number of aromatic nitrogens is 2. The van der Waals surface area contributed by atoms with Crippen LogP contribution in [0.5, 0.6) is 11.5 Å². The molecule has 3 aromatic rings.